The summed E-state index contributed by atoms with van der Waals surface area (Å²) in [7, 11) is 0. The van der Waals surface area contributed by atoms with Crippen LogP contribution in [0.3, 0.4) is 0 Å². The van der Waals surface area contributed by atoms with Crippen molar-refractivity contribution < 1.29 is 5.11 Å². The van der Waals surface area contributed by atoms with Crippen LogP contribution < -0.4 is 5.32 Å². The average Bonchev–Trinajstić information content (AvgIpc) is 2.01. The highest BCUT2D eigenvalue weighted by atomic mass is 16.3. The second-order valence-electron chi connectivity index (χ2n) is 4.89. The third-order valence-corrected chi connectivity index (χ3v) is 2.62. The zero-order valence-corrected chi connectivity index (χ0v) is 9.66. The highest BCUT2D eigenvalue weighted by molar-refractivity contribution is 4.79. The van der Waals surface area contributed by atoms with E-state index in [1.54, 1.807) is 0 Å². The molecule has 1 saturated heterocycles. The van der Waals surface area contributed by atoms with Gasteiger partial charge in [0.2, 0.25) is 0 Å². The lowest BCUT2D eigenvalue weighted by Crippen LogP contribution is -2.52. The van der Waals surface area contributed by atoms with Gasteiger partial charge in [0, 0.05) is 32.2 Å². The van der Waals surface area contributed by atoms with Crippen LogP contribution in [0.1, 0.15) is 27.2 Å². The molecule has 0 aromatic heterocycles. The maximum absolute atomic E-state index is 9.31. The van der Waals surface area contributed by atoms with Crippen LogP contribution in [0.15, 0.2) is 0 Å². The van der Waals surface area contributed by atoms with Crippen LogP contribution in [0, 0.1) is 5.92 Å². The van der Waals surface area contributed by atoms with Gasteiger partial charge in [0.15, 0.2) is 0 Å². The molecular formula is C11H24N2O. The van der Waals surface area contributed by atoms with Gasteiger partial charge in [-0.25, -0.2) is 0 Å². The molecule has 0 aromatic carbocycles. The summed E-state index contributed by atoms with van der Waals surface area (Å²) in [6, 6.07) is 0.613. The van der Waals surface area contributed by atoms with Crippen molar-refractivity contribution in [2.75, 3.05) is 26.2 Å². The SMILES string of the molecule is CC(C)CC1CN(CC(C)O)CCN1. The summed E-state index contributed by atoms with van der Waals surface area (Å²) in [4.78, 5) is 2.36. The molecule has 0 amide bonds. The van der Waals surface area contributed by atoms with Crippen LogP contribution in [0.4, 0.5) is 0 Å². The van der Waals surface area contributed by atoms with E-state index in [0.717, 1.165) is 32.1 Å². The van der Waals surface area contributed by atoms with Crippen molar-refractivity contribution in [1.29, 1.82) is 0 Å². The van der Waals surface area contributed by atoms with Crippen molar-refractivity contribution in [2.24, 2.45) is 5.92 Å². The number of nitrogens with zero attached hydrogens (tertiary/aromatic N) is 1. The van der Waals surface area contributed by atoms with Gasteiger partial charge in [0.25, 0.3) is 0 Å². The van der Waals surface area contributed by atoms with Gasteiger partial charge in [0.1, 0.15) is 0 Å². The third kappa shape index (κ3) is 4.40. The Bertz CT molecular complexity index is 143. The first-order chi connectivity index (χ1) is 6.58. The predicted molar refractivity (Wildman–Crippen MR) is 59.4 cm³/mol. The first-order valence-electron chi connectivity index (χ1n) is 5.71. The number of β-amino-alcohol motifs (C(OH)–C–C–N with tert-alkyl or cyclic N) is 1. The third-order valence-electron chi connectivity index (χ3n) is 2.62. The summed E-state index contributed by atoms with van der Waals surface area (Å²) >= 11 is 0. The number of aliphatic hydroxyl groups is 1. The highest BCUT2D eigenvalue weighted by Crippen LogP contribution is 2.09. The Balaban J connectivity index is 2.28. The average molecular weight is 200 g/mol. The Hall–Kier alpha value is -0.120. The molecule has 1 heterocycles. The van der Waals surface area contributed by atoms with E-state index >= 15 is 0 Å². The molecule has 2 unspecified atom stereocenters. The number of aliphatic hydroxyl groups excluding tert-OH is 1. The molecule has 1 rings (SSSR count). The quantitative estimate of drug-likeness (QED) is 0.701. The van der Waals surface area contributed by atoms with Crippen molar-refractivity contribution in [3.63, 3.8) is 0 Å². The Morgan fingerprint density at radius 3 is 2.71 bits per heavy atom. The number of hydrogen-bond donors (Lipinski definition) is 2. The summed E-state index contributed by atoms with van der Waals surface area (Å²) in [6.07, 6.45) is 1.03. The summed E-state index contributed by atoms with van der Waals surface area (Å²) in [5.41, 5.74) is 0. The van der Waals surface area contributed by atoms with Crippen molar-refractivity contribution in [3.05, 3.63) is 0 Å². The number of piperazine rings is 1. The fourth-order valence-electron chi connectivity index (χ4n) is 2.16. The summed E-state index contributed by atoms with van der Waals surface area (Å²) in [6.45, 7) is 10.4. The van der Waals surface area contributed by atoms with E-state index in [0.29, 0.717) is 6.04 Å². The predicted octanol–water partition coefficient (Wildman–Crippen LogP) is 0.687. The zero-order valence-electron chi connectivity index (χ0n) is 9.66. The van der Waals surface area contributed by atoms with Crippen molar-refractivity contribution in [3.8, 4) is 0 Å². The van der Waals surface area contributed by atoms with Crippen molar-refractivity contribution >= 4 is 0 Å². The molecule has 3 heteroatoms. The standard InChI is InChI=1S/C11H24N2O/c1-9(2)6-11-8-13(5-4-12-11)7-10(3)14/h9-12,14H,4-8H2,1-3H3. The minimum Gasteiger partial charge on any atom is -0.392 e. The molecule has 0 aliphatic carbocycles. The molecule has 0 spiro atoms. The lowest BCUT2D eigenvalue weighted by molar-refractivity contribution is 0.102. The van der Waals surface area contributed by atoms with Gasteiger partial charge in [-0.2, -0.15) is 0 Å². The smallest absolute Gasteiger partial charge is 0.0639 e. The molecule has 0 bridgehead atoms. The van der Waals surface area contributed by atoms with E-state index < -0.39 is 0 Å². The minimum absolute atomic E-state index is 0.201. The van der Waals surface area contributed by atoms with Gasteiger partial charge in [-0.3, -0.25) is 4.90 Å². The molecule has 1 aliphatic rings. The molecule has 2 atom stereocenters. The lowest BCUT2D eigenvalue weighted by atomic mass is 10.0. The van der Waals surface area contributed by atoms with Gasteiger partial charge in [-0.1, -0.05) is 13.8 Å². The van der Waals surface area contributed by atoms with E-state index in [-0.39, 0.29) is 6.10 Å². The van der Waals surface area contributed by atoms with Gasteiger partial charge in [-0.05, 0) is 19.3 Å². The number of rotatable bonds is 4. The molecule has 1 fully saturated rings. The Morgan fingerprint density at radius 1 is 1.43 bits per heavy atom. The molecule has 3 nitrogen and oxygen atoms in total. The van der Waals surface area contributed by atoms with Crippen molar-refractivity contribution in [2.45, 2.75) is 39.3 Å². The van der Waals surface area contributed by atoms with Crippen LogP contribution >= 0.6 is 0 Å². The lowest BCUT2D eigenvalue weighted by Gasteiger charge is -2.35. The molecule has 14 heavy (non-hydrogen) atoms. The second-order valence-corrected chi connectivity index (χ2v) is 4.89. The maximum atomic E-state index is 9.31. The fraction of sp³-hybridized carbons (Fsp3) is 1.00. The van der Waals surface area contributed by atoms with Crippen LogP contribution in [0.5, 0.6) is 0 Å². The molecule has 84 valence electrons. The minimum atomic E-state index is -0.201. The van der Waals surface area contributed by atoms with E-state index in [2.05, 4.69) is 24.1 Å². The van der Waals surface area contributed by atoms with E-state index in [4.69, 9.17) is 0 Å². The normalized spacial score (nSPS) is 26.8. The van der Waals surface area contributed by atoms with Gasteiger partial charge < -0.3 is 10.4 Å². The maximum Gasteiger partial charge on any atom is 0.0639 e. The first-order valence-corrected chi connectivity index (χ1v) is 5.71. The molecule has 0 aromatic rings. The second kappa shape index (κ2) is 5.69. The van der Waals surface area contributed by atoms with E-state index in [1.807, 2.05) is 6.92 Å². The first kappa shape index (κ1) is 12.0. The van der Waals surface area contributed by atoms with Gasteiger partial charge >= 0.3 is 0 Å². The van der Waals surface area contributed by atoms with Crippen LogP contribution in [-0.4, -0.2) is 48.3 Å². The van der Waals surface area contributed by atoms with E-state index in [9.17, 15) is 5.11 Å². The van der Waals surface area contributed by atoms with Gasteiger partial charge in [0.05, 0.1) is 6.10 Å². The Labute approximate surface area is 87.5 Å². The van der Waals surface area contributed by atoms with Gasteiger partial charge in [-0.15, -0.1) is 0 Å². The number of nitrogens with one attached hydrogen (secondary N) is 1. The summed E-state index contributed by atoms with van der Waals surface area (Å²) in [5, 5.41) is 12.8. The van der Waals surface area contributed by atoms with E-state index in [1.165, 1.54) is 6.42 Å². The van der Waals surface area contributed by atoms with Crippen LogP contribution in [-0.2, 0) is 0 Å². The largest absolute Gasteiger partial charge is 0.392 e. The molecule has 0 radical (unpaired) electrons. The van der Waals surface area contributed by atoms with Crippen LogP contribution in [0.25, 0.3) is 0 Å². The fourth-order valence-corrected chi connectivity index (χ4v) is 2.16. The summed E-state index contributed by atoms with van der Waals surface area (Å²) in [5.74, 6) is 0.749. The molecule has 1 aliphatic heterocycles. The Morgan fingerprint density at radius 2 is 2.14 bits per heavy atom. The molecule has 0 saturated carbocycles. The topological polar surface area (TPSA) is 35.5 Å². The highest BCUT2D eigenvalue weighted by Gasteiger charge is 2.20. The number of hydrogen-bond acceptors (Lipinski definition) is 3. The zero-order chi connectivity index (χ0) is 10.6. The van der Waals surface area contributed by atoms with Crippen molar-refractivity contribution in [1.82, 2.24) is 10.2 Å². The summed E-state index contributed by atoms with van der Waals surface area (Å²) < 4.78 is 0. The molecule has 2 N–H and O–H groups in total. The van der Waals surface area contributed by atoms with Crippen LogP contribution in [0.2, 0.25) is 0 Å². The monoisotopic (exact) mass is 200 g/mol. The molecular weight excluding hydrogens is 176 g/mol. The Kier molecular flexibility index (Phi) is 4.85.